The maximum Gasteiger partial charge on any atom is 0.272 e. The van der Waals surface area contributed by atoms with Gasteiger partial charge in [0.1, 0.15) is 11.5 Å². The second kappa shape index (κ2) is 6.95. The zero-order chi connectivity index (χ0) is 16.1. The molecule has 2 aromatic heterocycles. The Kier molecular flexibility index (Phi) is 4.56. The van der Waals surface area contributed by atoms with Crippen LogP contribution < -0.4 is 5.32 Å². The molecule has 0 aromatic carbocycles. The first kappa shape index (κ1) is 15.1. The molecule has 1 aliphatic rings. The number of rotatable bonds is 5. The van der Waals surface area contributed by atoms with Gasteiger partial charge in [-0.1, -0.05) is 0 Å². The molecule has 0 spiro atoms. The SMILES string of the molecule is O=CN1CCN(C(=O)c2ccc(NCc3ccco3)cn2)CC1. The molecule has 1 saturated heterocycles. The van der Waals surface area contributed by atoms with Gasteiger partial charge in [0, 0.05) is 26.2 Å². The molecule has 23 heavy (non-hydrogen) atoms. The molecule has 1 fully saturated rings. The van der Waals surface area contributed by atoms with E-state index in [1.165, 1.54) is 0 Å². The summed E-state index contributed by atoms with van der Waals surface area (Å²) in [4.78, 5) is 30.7. The fourth-order valence-electron chi connectivity index (χ4n) is 2.42. The number of nitrogens with one attached hydrogen (secondary N) is 1. The van der Waals surface area contributed by atoms with Crippen molar-refractivity contribution >= 4 is 18.0 Å². The quantitative estimate of drug-likeness (QED) is 0.839. The van der Waals surface area contributed by atoms with E-state index in [0.29, 0.717) is 38.4 Å². The van der Waals surface area contributed by atoms with Crippen molar-refractivity contribution in [2.75, 3.05) is 31.5 Å². The van der Waals surface area contributed by atoms with E-state index >= 15 is 0 Å². The van der Waals surface area contributed by atoms with Gasteiger partial charge in [-0.05, 0) is 24.3 Å². The molecule has 3 heterocycles. The fraction of sp³-hybridized carbons (Fsp3) is 0.312. The zero-order valence-electron chi connectivity index (χ0n) is 12.6. The second-order valence-electron chi connectivity index (χ2n) is 5.30. The average Bonchev–Trinajstić information content (AvgIpc) is 3.13. The predicted octanol–water partition coefficient (Wildman–Crippen LogP) is 1.20. The van der Waals surface area contributed by atoms with Gasteiger partial charge in [-0.3, -0.25) is 9.59 Å². The third-order valence-corrected chi connectivity index (χ3v) is 3.78. The lowest BCUT2D eigenvalue weighted by atomic mass is 10.2. The normalized spacial score (nSPS) is 14.6. The zero-order valence-corrected chi connectivity index (χ0v) is 12.6. The molecule has 7 nitrogen and oxygen atoms in total. The molecule has 2 aromatic rings. The first-order chi connectivity index (χ1) is 11.3. The van der Waals surface area contributed by atoms with Crippen molar-refractivity contribution in [3.05, 3.63) is 48.2 Å². The molecular formula is C16H18N4O3. The van der Waals surface area contributed by atoms with Gasteiger partial charge in [0.2, 0.25) is 6.41 Å². The van der Waals surface area contributed by atoms with Crippen LogP contribution >= 0.6 is 0 Å². The lowest BCUT2D eigenvalue weighted by Gasteiger charge is -2.32. The summed E-state index contributed by atoms with van der Waals surface area (Å²) in [5.41, 5.74) is 1.23. The summed E-state index contributed by atoms with van der Waals surface area (Å²) in [5.74, 6) is 0.728. The van der Waals surface area contributed by atoms with Gasteiger partial charge in [0.15, 0.2) is 0 Å². The highest BCUT2D eigenvalue weighted by atomic mass is 16.3. The van der Waals surface area contributed by atoms with Crippen molar-refractivity contribution < 1.29 is 14.0 Å². The van der Waals surface area contributed by atoms with Crippen LogP contribution in [0.15, 0.2) is 41.1 Å². The molecule has 0 radical (unpaired) electrons. The second-order valence-corrected chi connectivity index (χ2v) is 5.30. The van der Waals surface area contributed by atoms with E-state index in [9.17, 15) is 9.59 Å². The molecular weight excluding hydrogens is 296 g/mol. The van der Waals surface area contributed by atoms with Crippen molar-refractivity contribution in [2.24, 2.45) is 0 Å². The summed E-state index contributed by atoms with van der Waals surface area (Å²) in [5, 5.41) is 3.18. The van der Waals surface area contributed by atoms with Crippen LogP contribution in [0, 0.1) is 0 Å². The van der Waals surface area contributed by atoms with Crippen LogP contribution in [0.1, 0.15) is 16.2 Å². The number of carbonyl (C=O) groups excluding carboxylic acids is 2. The number of nitrogens with zero attached hydrogens (tertiary/aromatic N) is 3. The lowest BCUT2D eigenvalue weighted by Crippen LogP contribution is -2.48. The number of hydrogen-bond donors (Lipinski definition) is 1. The third kappa shape index (κ3) is 3.68. The smallest absolute Gasteiger partial charge is 0.272 e. The Labute approximate surface area is 133 Å². The molecule has 120 valence electrons. The molecule has 3 rings (SSSR count). The summed E-state index contributed by atoms with van der Waals surface area (Å²) in [6, 6.07) is 7.25. The number of amides is 2. The van der Waals surface area contributed by atoms with Crippen LogP contribution in [0.25, 0.3) is 0 Å². The maximum atomic E-state index is 12.4. The Morgan fingerprint density at radius 3 is 2.70 bits per heavy atom. The van der Waals surface area contributed by atoms with E-state index in [1.54, 1.807) is 28.3 Å². The Morgan fingerprint density at radius 2 is 2.09 bits per heavy atom. The summed E-state index contributed by atoms with van der Waals surface area (Å²) < 4.78 is 5.24. The van der Waals surface area contributed by atoms with E-state index in [-0.39, 0.29) is 5.91 Å². The minimum atomic E-state index is -0.104. The molecule has 0 unspecified atom stereocenters. The average molecular weight is 314 g/mol. The van der Waals surface area contributed by atoms with E-state index in [2.05, 4.69) is 10.3 Å². The fourth-order valence-corrected chi connectivity index (χ4v) is 2.42. The van der Waals surface area contributed by atoms with Crippen molar-refractivity contribution in [1.82, 2.24) is 14.8 Å². The van der Waals surface area contributed by atoms with Crippen LogP contribution in [0.5, 0.6) is 0 Å². The van der Waals surface area contributed by atoms with Crippen LogP contribution in [-0.2, 0) is 11.3 Å². The Bertz CT molecular complexity index is 646. The molecule has 0 atom stereocenters. The predicted molar refractivity (Wildman–Crippen MR) is 83.8 cm³/mol. The monoisotopic (exact) mass is 314 g/mol. The number of furan rings is 1. The van der Waals surface area contributed by atoms with E-state index < -0.39 is 0 Å². The lowest BCUT2D eigenvalue weighted by molar-refractivity contribution is -0.119. The van der Waals surface area contributed by atoms with Crippen LogP contribution in [0.3, 0.4) is 0 Å². The minimum Gasteiger partial charge on any atom is -0.467 e. The van der Waals surface area contributed by atoms with E-state index in [4.69, 9.17) is 4.42 Å². The van der Waals surface area contributed by atoms with Gasteiger partial charge >= 0.3 is 0 Å². The third-order valence-electron chi connectivity index (χ3n) is 3.78. The highest BCUT2D eigenvalue weighted by Crippen LogP contribution is 2.11. The number of hydrogen-bond acceptors (Lipinski definition) is 5. The molecule has 0 bridgehead atoms. The number of aromatic nitrogens is 1. The highest BCUT2D eigenvalue weighted by Gasteiger charge is 2.21. The van der Waals surface area contributed by atoms with Gasteiger partial charge in [0.05, 0.1) is 24.7 Å². The number of anilines is 1. The van der Waals surface area contributed by atoms with Gasteiger partial charge < -0.3 is 19.5 Å². The number of carbonyl (C=O) groups is 2. The van der Waals surface area contributed by atoms with Gasteiger partial charge in [-0.25, -0.2) is 4.98 Å². The summed E-state index contributed by atoms with van der Waals surface area (Å²) in [6.07, 6.45) is 4.08. The van der Waals surface area contributed by atoms with Gasteiger partial charge in [-0.2, -0.15) is 0 Å². The summed E-state index contributed by atoms with van der Waals surface area (Å²) in [7, 11) is 0. The van der Waals surface area contributed by atoms with E-state index in [0.717, 1.165) is 17.9 Å². The molecule has 2 amide bonds. The summed E-state index contributed by atoms with van der Waals surface area (Å²) >= 11 is 0. The molecule has 7 heteroatoms. The van der Waals surface area contributed by atoms with Gasteiger partial charge in [-0.15, -0.1) is 0 Å². The molecule has 1 N–H and O–H groups in total. The Morgan fingerprint density at radius 1 is 1.26 bits per heavy atom. The molecule has 0 aliphatic carbocycles. The van der Waals surface area contributed by atoms with Crippen molar-refractivity contribution in [3.8, 4) is 0 Å². The molecule has 0 saturated carbocycles. The molecule has 1 aliphatic heterocycles. The first-order valence-electron chi connectivity index (χ1n) is 7.47. The minimum absolute atomic E-state index is 0.104. The summed E-state index contributed by atoms with van der Waals surface area (Å²) in [6.45, 7) is 2.78. The van der Waals surface area contributed by atoms with Crippen LogP contribution in [-0.4, -0.2) is 53.3 Å². The number of piperazine rings is 1. The van der Waals surface area contributed by atoms with Crippen molar-refractivity contribution in [1.29, 1.82) is 0 Å². The highest BCUT2D eigenvalue weighted by molar-refractivity contribution is 5.92. The largest absolute Gasteiger partial charge is 0.467 e. The first-order valence-corrected chi connectivity index (χ1v) is 7.47. The van der Waals surface area contributed by atoms with E-state index in [1.807, 2.05) is 18.2 Å². The van der Waals surface area contributed by atoms with Crippen molar-refractivity contribution in [2.45, 2.75) is 6.54 Å². The van der Waals surface area contributed by atoms with Crippen LogP contribution in [0.2, 0.25) is 0 Å². The standard InChI is InChI=1S/C16H18N4O3/c21-12-19-5-7-20(8-6-19)16(22)15-4-3-13(10-18-15)17-11-14-2-1-9-23-14/h1-4,9-10,12,17H,5-8,11H2. The van der Waals surface area contributed by atoms with Gasteiger partial charge in [0.25, 0.3) is 5.91 Å². The van der Waals surface area contributed by atoms with Crippen LogP contribution in [0.4, 0.5) is 5.69 Å². The van der Waals surface area contributed by atoms with Crippen molar-refractivity contribution in [3.63, 3.8) is 0 Å². The maximum absolute atomic E-state index is 12.4. The Hall–Kier alpha value is -2.83. The Balaban J connectivity index is 1.56. The topological polar surface area (TPSA) is 78.7 Å². The number of pyridine rings is 1.